The molecular formula is C34H31N3O2S. The van der Waals surface area contributed by atoms with Gasteiger partial charge in [-0.2, -0.15) is 0 Å². The zero-order chi connectivity index (χ0) is 27.3. The second-order valence-corrected chi connectivity index (χ2v) is 10.9. The molecule has 6 aromatic rings. The van der Waals surface area contributed by atoms with Crippen LogP contribution in [0, 0.1) is 0 Å². The molecule has 200 valence electrons. The molecule has 5 aromatic carbocycles. The van der Waals surface area contributed by atoms with E-state index in [1.165, 1.54) is 40.0 Å². The largest absolute Gasteiger partial charge is 0.339 e. The van der Waals surface area contributed by atoms with Crippen LogP contribution in [-0.2, 0) is 4.18 Å². The number of carbonyl (C=O) groups is 1. The van der Waals surface area contributed by atoms with Crippen molar-refractivity contribution in [3.8, 4) is 11.4 Å². The minimum Gasteiger partial charge on any atom is -0.339 e. The lowest BCUT2D eigenvalue weighted by atomic mass is 10.0. The first kappa shape index (κ1) is 26.1. The molecule has 40 heavy (non-hydrogen) atoms. The van der Waals surface area contributed by atoms with Gasteiger partial charge in [0.15, 0.2) is 0 Å². The molecule has 1 aliphatic rings. The Balaban J connectivity index is 0.000000187. The van der Waals surface area contributed by atoms with Crippen molar-refractivity contribution in [2.45, 2.75) is 24.2 Å². The zero-order valence-electron chi connectivity index (χ0n) is 22.5. The van der Waals surface area contributed by atoms with Gasteiger partial charge < -0.3 is 14.1 Å². The van der Waals surface area contributed by atoms with Crippen LogP contribution in [0.2, 0.25) is 0 Å². The van der Waals surface area contributed by atoms with E-state index in [1.54, 1.807) is 7.11 Å². The fourth-order valence-electron chi connectivity index (χ4n) is 5.30. The fraction of sp³-hybridized carbons (Fsp3) is 0.176. The third-order valence-electron chi connectivity index (χ3n) is 7.32. The molecule has 0 aliphatic carbocycles. The van der Waals surface area contributed by atoms with Crippen molar-refractivity contribution in [3.05, 3.63) is 109 Å². The molecule has 0 unspecified atom stereocenters. The summed E-state index contributed by atoms with van der Waals surface area (Å²) >= 11 is 1.39. The monoisotopic (exact) mass is 545 g/mol. The lowest BCUT2D eigenvalue weighted by Crippen LogP contribution is -2.35. The molecule has 1 saturated heterocycles. The van der Waals surface area contributed by atoms with Crippen LogP contribution in [0.25, 0.3) is 44.0 Å². The number of aromatic amines is 1. The zero-order valence-corrected chi connectivity index (χ0v) is 23.3. The van der Waals surface area contributed by atoms with Gasteiger partial charge in [0.1, 0.15) is 5.82 Å². The van der Waals surface area contributed by atoms with Gasteiger partial charge >= 0.3 is 0 Å². The topological polar surface area (TPSA) is 58.2 Å². The molecular weight excluding hydrogens is 514 g/mol. The predicted octanol–water partition coefficient (Wildman–Crippen LogP) is 8.50. The number of likely N-dealkylation sites (tertiary alicyclic amines) is 1. The molecule has 0 radical (unpaired) electrons. The molecule has 2 heterocycles. The molecule has 0 atom stereocenters. The molecule has 0 saturated carbocycles. The number of H-pyrrole nitrogens is 1. The number of nitrogens with one attached hydrogen (secondary N) is 1. The van der Waals surface area contributed by atoms with Gasteiger partial charge in [0.05, 0.1) is 18.1 Å². The fourth-order valence-corrected chi connectivity index (χ4v) is 5.79. The molecule has 0 bridgehead atoms. The van der Waals surface area contributed by atoms with Crippen LogP contribution >= 0.6 is 12.0 Å². The molecule has 5 nitrogen and oxygen atoms in total. The Morgan fingerprint density at radius 2 is 1.55 bits per heavy atom. The smallest absolute Gasteiger partial charge is 0.253 e. The highest BCUT2D eigenvalue weighted by Gasteiger charge is 2.19. The standard InChI is InChI=1S/C23H21N3O.C11H10OS/c27-23(26-13-4-1-5-14-26)17-11-12-20-21(15-17)25-22(24-20)19-10-6-8-16-7-2-3-9-18(16)19;1-12-13-11-7-6-9-4-2-3-5-10(9)8-11/h2-3,6-12,15H,1,4-5,13-14H2,(H,24,25);2-8H,1H3. The average molecular weight is 546 g/mol. The van der Waals surface area contributed by atoms with Gasteiger partial charge in [-0.05, 0) is 71.1 Å². The summed E-state index contributed by atoms with van der Waals surface area (Å²) in [6.45, 7) is 1.72. The molecule has 0 spiro atoms. The number of rotatable bonds is 4. The summed E-state index contributed by atoms with van der Waals surface area (Å²) in [7, 11) is 1.68. The number of piperidine rings is 1. The molecule has 1 amide bonds. The summed E-state index contributed by atoms with van der Waals surface area (Å²) in [6.07, 6.45) is 3.42. The molecule has 1 aliphatic heterocycles. The first-order valence-corrected chi connectivity index (χ1v) is 14.4. The van der Waals surface area contributed by atoms with Gasteiger partial charge in [0.25, 0.3) is 5.91 Å². The maximum absolute atomic E-state index is 12.8. The highest BCUT2D eigenvalue weighted by Crippen LogP contribution is 2.29. The van der Waals surface area contributed by atoms with Gasteiger partial charge in [-0.25, -0.2) is 4.98 Å². The number of carbonyl (C=O) groups excluding carboxylic acids is 1. The lowest BCUT2D eigenvalue weighted by Gasteiger charge is -2.26. The van der Waals surface area contributed by atoms with Crippen LogP contribution in [0.3, 0.4) is 0 Å². The SMILES string of the molecule is COSc1ccc2ccccc2c1.O=C(c1ccc2nc(-c3cccc4ccccc34)[nH]c2c1)N1CCCCC1. The van der Waals surface area contributed by atoms with Crippen molar-refractivity contribution in [1.29, 1.82) is 0 Å². The van der Waals surface area contributed by atoms with Crippen molar-refractivity contribution in [1.82, 2.24) is 14.9 Å². The normalized spacial score (nSPS) is 13.4. The van der Waals surface area contributed by atoms with Gasteiger partial charge in [-0.3, -0.25) is 4.79 Å². The van der Waals surface area contributed by atoms with Gasteiger partial charge in [0, 0.05) is 41.2 Å². The number of imidazole rings is 1. The Morgan fingerprint density at radius 1 is 0.800 bits per heavy atom. The van der Waals surface area contributed by atoms with E-state index in [2.05, 4.69) is 65.6 Å². The minimum atomic E-state index is 0.123. The first-order valence-electron chi connectivity index (χ1n) is 13.7. The van der Waals surface area contributed by atoms with Crippen LogP contribution in [0.4, 0.5) is 0 Å². The van der Waals surface area contributed by atoms with Crippen molar-refractivity contribution < 1.29 is 8.98 Å². The highest BCUT2D eigenvalue weighted by atomic mass is 32.2. The van der Waals surface area contributed by atoms with Crippen molar-refractivity contribution >= 4 is 50.5 Å². The molecule has 7 rings (SSSR count). The van der Waals surface area contributed by atoms with Gasteiger partial charge in [-0.1, -0.05) is 72.8 Å². The number of nitrogens with zero attached hydrogens (tertiary/aromatic N) is 2. The van der Waals surface area contributed by atoms with Gasteiger partial charge in [-0.15, -0.1) is 0 Å². The second-order valence-electron chi connectivity index (χ2n) is 9.96. The van der Waals surface area contributed by atoms with Crippen LogP contribution in [0.1, 0.15) is 29.6 Å². The Hall–Kier alpha value is -4.13. The third kappa shape index (κ3) is 5.60. The van der Waals surface area contributed by atoms with Gasteiger partial charge in [0.2, 0.25) is 0 Å². The molecule has 1 aromatic heterocycles. The number of hydrogen-bond acceptors (Lipinski definition) is 4. The van der Waals surface area contributed by atoms with Crippen LogP contribution in [-0.4, -0.2) is 41.0 Å². The lowest BCUT2D eigenvalue weighted by molar-refractivity contribution is 0.0724. The molecule has 1 fully saturated rings. The van der Waals surface area contributed by atoms with E-state index in [0.29, 0.717) is 0 Å². The Morgan fingerprint density at radius 3 is 2.38 bits per heavy atom. The third-order valence-corrected chi connectivity index (χ3v) is 7.93. The van der Waals surface area contributed by atoms with E-state index in [-0.39, 0.29) is 5.91 Å². The predicted molar refractivity (Wildman–Crippen MR) is 166 cm³/mol. The van der Waals surface area contributed by atoms with Crippen molar-refractivity contribution in [2.75, 3.05) is 20.2 Å². The van der Waals surface area contributed by atoms with E-state index < -0.39 is 0 Å². The summed E-state index contributed by atoms with van der Waals surface area (Å²) in [5.74, 6) is 0.960. The van der Waals surface area contributed by atoms with Crippen molar-refractivity contribution in [2.24, 2.45) is 0 Å². The Kier molecular flexibility index (Phi) is 7.80. The van der Waals surface area contributed by atoms with Crippen LogP contribution < -0.4 is 0 Å². The maximum atomic E-state index is 12.8. The van der Waals surface area contributed by atoms with E-state index >= 15 is 0 Å². The number of hydrogen-bond donors (Lipinski definition) is 1. The van der Waals surface area contributed by atoms with E-state index in [1.807, 2.05) is 47.4 Å². The number of benzene rings is 5. The van der Waals surface area contributed by atoms with Crippen LogP contribution in [0.15, 0.2) is 108 Å². The maximum Gasteiger partial charge on any atom is 0.253 e. The highest BCUT2D eigenvalue weighted by molar-refractivity contribution is 7.94. The van der Waals surface area contributed by atoms with E-state index in [9.17, 15) is 4.79 Å². The average Bonchev–Trinajstić information content (AvgIpc) is 3.45. The first-order chi connectivity index (χ1) is 19.7. The number of amides is 1. The quantitative estimate of drug-likeness (QED) is 0.226. The summed E-state index contributed by atoms with van der Waals surface area (Å²) in [6, 6.07) is 34.9. The van der Waals surface area contributed by atoms with Crippen molar-refractivity contribution in [3.63, 3.8) is 0 Å². The second kappa shape index (κ2) is 11.9. The summed E-state index contributed by atoms with van der Waals surface area (Å²) in [5.41, 5.74) is 3.60. The number of aromatic nitrogens is 2. The summed E-state index contributed by atoms with van der Waals surface area (Å²) < 4.78 is 4.99. The Labute approximate surface area is 238 Å². The Bertz CT molecular complexity index is 1780. The summed E-state index contributed by atoms with van der Waals surface area (Å²) in [5, 5.41) is 4.88. The molecule has 1 N–H and O–H groups in total. The van der Waals surface area contributed by atoms with E-state index in [0.717, 1.165) is 58.8 Å². The minimum absolute atomic E-state index is 0.123. The molecule has 6 heteroatoms. The summed E-state index contributed by atoms with van der Waals surface area (Å²) in [4.78, 5) is 24.1. The van der Waals surface area contributed by atoms with Crippen LogP contribution in [0.5, 0.6) is 0 Å². The number of fused-ring (bicyclic) bond motifs is 3. The van der Waals surface area contributed by atoms with E-state index in [4.69, 9.17) is 9.17 Å².